The van der Waals surface area contributed by atoms with Crippen molar-refractivity contribution in [3.05, 3.63) is 24.2 Å². The minimum absolute atomic E-state index is 0.869. The van der Waals surface area contributed by atoms with Crippen molar-refractivity contribution in [2.24, 2.45) is 0 Å². The number of piperazine rings is 1. The Morgan fingerprint density at radius 2 is 1.74 bits per heavy atom. The first-order valence-corrected chi connectivity index (χ1v) is 7.90. The SMILES string of the molecule is c1coc(CN2CCN(C3CCCCCC3)CC2)c1. The van der Waals surface area contributed by atoms with Crippen LogP contribution in [0, 0.1) is 0 Å². The van der Waals surface area contributed by atoms with Crippen LogP contribution in [-0.4, -0.2) is 42.0 Å². The van der Waals surface area contributed by atoms with Crippen LogP contribution < -0.4 is 0 Å². The Bertz CT molecular complexity index is 347. The van der Waals surface area contributed by atoms with Gasteiger partial charge in [-0.2, -0.15) is 0 Å². The summed E-state index contributed by atoms with van der Waals surface area (Å²) >= 11 is 0. The minimum atomic E-state index is 0.869. The Morgan fingerprint density at radius 1 is 1.00 bits per heavy atom. The quantitative estimate of drug-likeness (QED) is 0.780. The molecule has 1 aromatic heterocycles. The lowest BCUT2D eigenvalue weighted by Crippen LogP contribution is -2.49. The van der Waals surface area contributed by atoms with Crippen LogP contribution >= 0.6 is 0 Å². The van der Waals surface area contributed by atoms with Gasteiger partial charge in [0.1, 0.15) is 5.76 Å². The van der Waals surface area contributed by atoms with Crippen LogP contribution in [0.4, 0.5) is 0 Å². The Balaban J connectivity index is 1.46. The third kappa shape index (κ3) is 3.61. The van der Waals surface area contributed by atoms with E-state index in [9.17, 15) is 0 Å². The van der Waals surface area contributed by atoms with E-state index < -0.39 is 0 Å². The summed E-state index contributed by atoms with van der Waals surface area (Å²) in [6.45, 7) is 5.84. The minimum Gasteiger partial charge on any atom is -0.468 e. The van der Waals surface area contributed by atoms with Gasteiger partial charge in [-0.25, -0.2) is 0 Å². The van der Waals surface area contributed by atoms with E-state index in [-0.39, 0.29) is 0 Å². The van der Waals surface area contributed by atoms with Crippen LogP contribution in [0.5, 0.6) is 0 Å². The number of nitrogens with zero attached hydrogens (tertiary/aromatic N) is 2. The van der Waals surface area contributed by atoms with Gasteiger partial charge >= 0.3 is 0 Å². The zero-order valence-electron chi connectivity index (χ0n) is 11.9. The van der Waals surface area contributed by atoms with Crippen molar-refractivity contribution in [2.75, 3.05) is 26.2 Å². The molecule has 1 aliphatic carbocycles. The highest BCUT2D eigenvalue weighted by molar-refractivity contribution is 4.98. The van der Waals surface area contributed by atoms with E-state index in [1.165, 1.54) is 64.7 Å². The zero-order valence-corrected chi connectivity index (χ0v) is 11.9. The largest absolute Gasteiger partial charge is 0.468 e. The molecule has 0 radical (unpaired) electrons. The van der Waals surface area contributed by atoms with Gasteiger partial charge in [-0.15, -0.1) is 0 Å². The molecule has 2 fully saturated rings. The van der Waals surface area contributed by atoms with E-state index in [4.69, 9.17) is 4.42 Å². The van der Waals surface area contributed by atoms with Crippen LogP contribution in [0.15, 0.2) is 22.8 Å². The maximum Gasteiger partial charge on any atom is 0.117 e. The van der Waals surface area contributed by atoms with Crippen molar-refractivity contribution in [2.45, 2.75) is 51.1 Å². The molecule has 2 aliphatic rings. The molecule has 1 saturated heterocycles. The molecule has 1 aromatic rings. The topological polar surface area (TPSA) is 19.6 Å². The first-order chi connectivity index (χ1) is 9.42. The fraction of sp³-hybridized carbons (Fsp3) is 0.750. The summed E-state index contributed by atoms with van der Waals surface area (Å²) in [5, 5.41) is 0. The fourth-order valence-corrected chi connectivity index (χ4v) is 3.53. The molecule has 0 spiro atoms. The molecule has 1 aliphatic heterocycles. The van der Waals surface area contributed by atoms with Gasteiger partial charge in [-0.05, 0) is 25.0 Å². The van der Waals surface area contributed by atoms with Crippen LogP contribution in [0.2, 0.25) is 0 Å². The van der Waals surface area contributed by atoms with E-state index in [2.05, 4.69) is 15.9 Å². The van der Waals surface area contributed by atoms with Crippen LogP contribution in [-0.2, 0) is 6.54 Å². The smallest absolute Gasteiger partial charge is 0.117 e. The molecule has 3 heteroatoms. The average Bonchev–Trinajstić information content (AvgIpc) is 2.80. The van der Waals surface area contributed by atoms with Gasteiger partial charge in [0.2, 0.25) is 0 Å². The van der Waals surface area contributed by atoms with Crippen molar-refractivity contribution in [3.63, 3.8) is 0 Å². The first kappa shape index (κ1) is 13.2. The molecule has 19 heavy (non-hydrogen) atoms. The predicted octanol–water partition coefficient (Wildman–Crippen LogP) is 3.12. The molecular weight excluding hydrogens is 236 g/mol. The highest BCUT2D eigenvalue weighted by atomic mass is 16.3. The first-order valence-electron chi connectivity index (χ1n) is 7.90. The Hall–Kier alpha value is -0.800. The summed E-state index contributed by atoms with van der Waals surface area (Å²) in [6, 6.07) is 4.93. The molecule has 106 valence electrons. The fourth-order valence-electron chi connectivity index (χ4n) is 3.53. The van der Waals surface area contributed by atoms with Crippen LogP contribution in [0.3, 0.4) is 0 Å². The van der Waals surface area contributed by atoms with Gasteiger partial charge in [-0.3, -0.25) is 9.80 Å². The van der Waals surface area contributed by atoms with Gasteiger partial charge < -0.3 is 4.42 Å². The molecule has 0 bridgehead atoms. The lowest BCUT2D eigenvalue weighted by Gasteiger charge is -2.38. The van der Waals surface area contributed by atoms with E-state index in [0.29, 0.717) is 0 Å². The van der Waals surface area contributed by atoms with Crippen molar-refractivity contribution in [1.82, 2.24) is 9.80 Å². The van der Waals surface area contributed by atoms with Gasteiger partial charge in [0, 0.05) is 32.2 Å². The number of furan rings is 1. The van der Waals surface area contributed by atoms with Gasteiger partial charge in [-0.1, -0.05) is 25.7 Å². The summed E-state index contributed by atoms with van der Waals surface area (Å²) < 4.78 is 5.44. The van der Waals surface area contributed by atoms with Crippen molar-refractivity contribution in [1.29, 1.82) is 0 Å². The molecule has 3 nitrogen and oxygen atoms in total. The standard InChI is InChI=1S/C16H26N2O/c1-2-4-7-15(6-3-1)18-11-9-17(10-12-18)14-16-8-5-13-19-16/h5,8,13,15H,1-4,6-7,9-12,14H2. The second kappa shape index (κ2) is 6.58. The number of hydrogen-bond donors (Lipinski definition) is 0. The van der Waals surface area contributed by atoms with E-state index in [1.54, 1.807) is 6.26 Å². The average molecular weight is 262 g/mol. The Morgan fingerprint density at radius 3 is 2.37 bits per heavy atom. The van der Waals surface area contributed by atoms with E-state index >= 15 is 0 Å². The second-order valence-electron chi connectivity index (χ2n) is 6.04. The summed E-state index contributed by atoms with van der Waals surface area (Å²) in [5.41, 5.74) is 0. The summed E-state index contributed by atoms with van der Waals surface area (Å²) in [6.07, 6.45) is 10.4. The third-order valence-corrected chi connectivity index (χ3v) is 4.71. The molecule has 3 rings (SSSR count). The zero-order chi connectivity index (χ0) is 12.9. The molecule has 0 N–H and O–H groups in total. The second-order valence-corrected chi connectivity index (χ2v) is 6.04. The lowest BCUT2D eigenvalue weighted by molar-refractivity contribution is 0.0813. The molecule has 1 saturated carbocycles. The normalized spacial score (nSPS) is 24.4. The van der Waals surface area contributed by atoms with Gasteiger partial charge in [0.15, 0.2) is 0 Å². The van der Waals surface area contributed by atoms with Crippen molar-refractivity contribution in [3.8, 4) is 0 Å². The van der Waals surface area contributed by atoms with E-state index in [1.807, 2.05) is 6.07 Å². The summed E-state index contributed by atoms with van der Waals surface area (Å²) in [5.74, 6) is 1.10. The monoisotopic (exact) mass is 262 g/mol. The van der Waals surface area contributed by atoms with Crippen molar-refractivity contribution < 1.29 is 4.42 Å². The molecule has 0 aromatic carbocycles. The van der Waals surface area contributed by atoms with Crippen LogP contribution in [0.25, 0.3) is 0 Å². The summed E-state index contributed by atoms with van der Waals surface area (Å²) in [7, 11) is 0. The third-order valence-electron chi connectivity index (χ3n) is 4.71. The summed E-state index contributed by atoms with van der Waals surface area (Å²) in [4.78, 5) is 5.26. The van der Waals surface area contributed by atoms with Crippen LogP contribution in [0.1, 0.15) is 44.3 Å². The molecular formula is C16H26N2O. The predicted molar refractivity (Wildman–Crippen MR) is 77.0 cm³/mol. The number of hydrogen-bond acceptors (Lipinski definition) is 3. The highest BCUT2D eigenvalue weighted by Crippen LogP contribution is 2.23. The number of rotatable bonds is 3. The van der Waals surface area contributed by atoms with Crippen molar-refractivity contribution >= 4 is 0 Å². The van der Waals surface area contributed by atoms with Gasteiger partial charge in [0.05, 0.1) is 12.8 Å². The Kier molecular flexibility index (Phi) is 4.57. The lowest BCUT2D eigenvalue weighted by atomic mass is 10.1. The molecule has 0 atom stereocenters. The maximum absolute atomic E-state index is 5.44. The Labute approximate surface area is 116 Å². The highest BCUT2D eigenvalue weighted by Gasteiger charge is 2.24. The molecule has 0 unspecified atom stereocenters. The molecule has 0 amide bonds. The van der Waals surface area contributed by atoms with E-state index in [0.717, 1.165) is 18.3 Å². The molecule has 2 heterocycles. The maximum atomic E-state index is 5.44. The van der Waals surface area contributed by atoms with Gasteiger partial charge in [0.25, 0.3) is 0 Å².